The van der Waals surface area contributed by atoms with Gasteiger partial charge in [0.05, 0.1) is 34.5 Å². The first-order valence-electron chi connectivity index (χ1n) is 10.7. The van der Waals surface area contributed by atoms with Gasteiger partial charge in [-0.3, -0.25) is 0 Å². The number of rotatable bonds is 12. The number of aliphatic imine (C=N–C) groups is 1. The molecule has 0 spiro atoms. The fraction of sp³-hybridized carbons (Fsp3) is 0.458. The number of nitrogens with one attached hydrogen (secondary N) is 2. The molecular weight excluding hydrogens is 394 g/mol. The highest BCUT2D eigenvalue weighted by molar-refractivity contribution is 5.79. The van der Waals surface area contributed by atoms with Crippen LogP contribution in [0.15, 0.2) is 41.4 Å². The minimum atomic E-state index is 0.548. The fourth-order valence-corrected chi connectivity index (χ4v) is 3.14. The third kappa shape index (κ3) is 7.59. The van der Waals surface area contributed by atoms with Gasteiger partial charge in [-0.05, 0) is 62.1 Å². The molecule has 0 bridgehead atoms. The molecule has 0 aromatic heterocycles. The first-order chi connectivity index (χ1) is 15.1. The van der Waals surface area contributed by atoms with Crippen LogP contribution >= 0.6 is 0 Å². The molecule has 31 heavy (non-hydrogen) atoms. The van der Waals surface area contributed by atoms with Crippen LogP contribution < -0.4 is 29.6 Å². The van der Waals surface area contributed by atoms with Gasteiger partial charge >= 0.3 is 0 Å². The second kappa shape index (κ2) is 13.3. The molecule has 7 nitrogen and oxygen atoms in total. The molecule has 0 fully saturated rings. The van der Waals surface area contributed by atoms with Crippen LogP contribution in [-0.4, -0.2) is 47.0 Å². The second-order valence-electron chi connectivity index (χ2n) is 6.83. The van der Waals surface area contributed by atoms with Gasteiger partial charge in [-0.2, -0.15) is 0 Å². The minimum Gasteiger partial charge on any atom is -0.493 e. The van der Waals surface area contributed by atoms with E-state index in [0.717, 1.165) is 49.0 Å². The largest absolute Gasteiger partial charge is 0.493 e. The van der Waals surface area contributed by atoms with Gasteiger partial charge < -0.3 is 29.6 Å². The van der Waals surface area contributed by atoms with Crippen molar-refractivity contribution in [1.29, 1.82) is 0 Å². The number of hydrogen-bond donors (Lipinski definition) is 2. The Morgan fingerprint density at radius 1 is 0.806 bits per heavy atom. The summed E-state index contributed by atoms with van der Waals surface area (Å²) >= 11 is 0. The predicted molar refractivity (Wildman–Crippen MR) is 125 cm³/mol. The fourth-order valence-electron chi connectivity index (χ4n) is 3.14. The molecule has 0 heterocycles. The molecule has 2 aromatic rings. The molecule has 0 saturated carbocycles. The summed E-state index contributed by atoms with van der Waals surface area (Å²) in [7, 11) is 4.92. The maximum absolute atomic E-state index is 5.66. The number of nitrogens with zero attached hydrogens (tertiary/aromatic N) is 1. The van der Waals surface area contributed by atoms with E-state index < -0.39 is 0 Å². The standard InChI is InChI=1S/C24H35N3O4/c1-6-25-24(27-17-19-11-13-20(28-3)22(16-19)30-5)26-14-8-9-18-10-12-21(29-4)23(15-18)31-7-2/h10-13,15-16H,6-9,14,17H2,1-5H3,(H2,25,26,27). The summed E-state index contributed by atoms with van der Waals surface area (Å²) < 4.78 is 21.7. The third-order valence-electron chi connectivity index (χ3n) is 4.67. The minimum absolute atomic E-state index is 0.548. The van der Waals surface area contributed by atoms with Crippen LogP contribution in [0.25, 0.3) is 0 Å². The van der Waals surface area contributed by atoms with Crippen molar-refractivity contribution < 1.29 is 18.9 Å². The van der Waals surface area contributed by atoms with E-state index in [9.17, 15) is 0 Å². The lowest BCUT2D eigenvalue weighted by Gasteiger charge is -2.13. The van der Waals surface area contributed by atoms with Crippen molar-refractivity contribution in [3.8, 4) is 23.0 Å². The average Bonchev–Trinajstić information content (AvgIpc) is 2.80. The normalized spacial score (nSPS) is 11.1. The van der Waals surface area contributed by atoms with Crippen molar-refractivity contribution in [3.63, 3.8) is 0 Å². The van der Waals surface area contributed by atoms with Crippen LogP contribution in [-0.2, 0) is 13.0 Å². The maximum Gasteiger partial charge on any atom is 0.191 e. The summed E-state index contributed by atoms with van der Waals surface area (Å²) in [6.07, 6.45) is 1.91. The van der Waals surface area contributed by atoms with Crippen LogP contribution in [0.4, 0.5) is 0 Å². The summed E-state index contributed by atoms with van der Waals surface area (Å²) in [6, 6.07) is 11.9. The highest BCUT2D eigenvalue weighted by Crippen LogP contribution is 2.29. The Balaban J connectivity index is 1.90. The number of aryl methyl sites for hydroxylation is 1. The van der Waals surface area contributed by atoms with E-state index in [-0.39, 0.29) is 0 Å². The summed E-state index contributed by atoms with van der Waals surface area (Å²) in [4.78, 5) is 4.68. The van der Waals surface area contributed by atoms with Crippen LogP contribution in [0.1, 0.15) is 31.4 Å². The number of hydrogen-bond acceptors (Lipinski definition) is 5. The summed E-state index contributed by atoms with van der Waals surface area (Å²) in [5, 5.41) is 6.69. The summed E-state index contributed by atoms with van der Waals surface area (Å²) in [5.41, 5.74) is 2.27. The van der Waals surface area contributed by atoms with E-state index in [0.29, 0.717) is 24.7 Å². The zero-order valence-electron chi connectivity index (χ0n) is 19.3. The molecule has 0 unspecified atom stereocenters. The zero-order chi connectivity index (χ0) is 22.5. The van der Waals surface area contributed by atoms with Crippen LogP contribution in [0.3, 0.4) is 0 Å². The zero-order valence-corrected chi connectivity index (χ0v) is 19.3. The van der Waals surface area contributed by atoms with Gasteiger partial charge in [0, 0.05) is 13.1 Å². The van der Waals surface area contributed by atoms with Crippen molar-refractivity contribution in [1.82, 2.24) is 10.6 Å². The summed E-state index contributed by atoms with van der Waals surface area (Å²) in [6.45, 7) is 6.80. The van der Waals surface area contributed by atoms with E-state index in [2.05, 4.69) is 34.7 Å². The Hall–Kier alpha value is -3.09. The van der Waals surface area contributed by atoms with E-state index >= 15 is 0 Å². The Morgan fingerprint density at radius 3 is 2.10 bits per heavy atom. The lowest BCUT2D eigenvalue weighted by Crippen LogP contribution is -2.37. The van der Waals surface area contributed by atoms with Gasteiger partial charge in [0.2, 0.25) is 0 Å². The van der Waals surface area contributed by atoms with Crippen molar-refractivity contribution in [2.45, 2.75) is 33.2 Å². The predicted octanol–water partition coefficient (Wildman–Crippen LogP) is 3.80. The van der Waals surface area contributed by atoms with Gasteiger partial charge in [0.15, 0.2) is 29.0 Å². The quantitative estimate of drug-likeness (QED) is 0.304. The van der Waals surface area contributed by atoms with Crippen LogP contribution in [0, 0.1) is 0 Å². The molecule has 0 saturated heterocycles. The smallest absolute Gasteiger partial charge is 0.191 e. The average molecular weight is 430 g/mol. The Kier molecular flexibility index (Phi) is 10.3. The molecule has 0 aliphatic rings. The molecule has 2 rings (SSSR count). The van der Waals surface area contributed by atoms with Crippen LogP contribution in [0.5, 0.6) is 23.0 Å². The van der Waals surface area contributed by atoms with Crippen LogP contribution in [0.2, 0.25) is 0 Å². The highest BCUT2D eigenvalue weighted by Gasteiger charge is 2.07. The molecule has 0 aliphatic carbocycles. The van der Waals surface area contributed by atoms with Gasteiger partial charge in [0.25, 0.3) is 0 Å². The SMILES string of the molecule is CCNC(=NCc1ccc(OC)c(OC)c1)NCCCc1ccc(OC)c(OCC)c1. The van der Waals surface area contributed by atoms with Gasteiger partial charge in [0.1, 0.15) is 0 Å². The lowest BCUT2D eigenvalue weighted by molar-refractivity contribution is 0.310. The molecule has 170 valence electrons. The second-order valence-corrected chi connectivity index (χ2v) is 6.83. The maximum atomic E-state index is 5.66. The van der Waals surface area contributed by atoms with Crippen molar-refractivity contribution in [3.05, 3.63) is 47.5 Å². The van der Waals surface area contributed by atoms with E-state index in [1.54, 1.807) is 21.3 Å². The number of benzene rings is 2. The molecule has 0 aliphatic heterocycles. The molecule has 7 heteroatoms. The first kappa shape index (κ1) is 24.2. The van der Waals surface area contributed by atoms with Crippen molar-refractivity contribution >= 4 is 5.96 Å². The third-order valence-corrected chi connectivity index (χ3v) is 4.67. The molecular formula is C24H35N3O4. The summed E-state index contributed by atoms with van der Waals surface area (Å²) in [5.74, 6) is 3.77. The Morgan fingerprint density at radius 2 is 1.45 bits per heavy atom. The molecule has 0 atom stereocenters. The van der Waals surface area contributed by atoms with Crippen molar-refractivity contribution in [2.24, 2.45) is 4.99 Å². The topological polar surface area (TPSA) is 73.3 Å². The Bertz CT molecular complexity index is 840. The van der Waals surface area contributed by atoms with E-state index in [1.165, 1.54) is 5.56 Å². The molecule has 2 aromatic carbocycles. The molecule has 0 amide bonds. The monoisotopic (exact) mass is 429 g/mol. The highest BCUT2D eigenvalue weighted by atomic mass is 16.5. The first-order valence-corrected chi connectivity index (χ1v) is 10.7. The van der Waals surface area contributed by atoms with Gasteiger partial charge in [-0.15, -0.1) is 0 Å². The number of ether oxygens (including phenoxy) is 4. The number of methoxy groups -OCH3 is 3. The Labute approximate surface area is 185 Å². The van der Waals surface area contributed by atoms with Gasteiger partial charge in [-0.1, -0.05) is 12.1 Å². The van der Waals surface area contributed by atoms with E-state index in [1.807, 2.05) is 31.2 Å². The number of guanidine groups is 1. The van der Waals surface area contributed by atoms with Crippen molar-refractivity contribution in [2.75, 3.05) is 41.0 Å². The molecule has 0 radical (unpaired) electrons. The molecule has 2 N–H and O–H groups in total. The van der Waals surface area contributed by atoms with E-state index in [4.69, 9.17) is 18.9 Å². The lowest BCUT2D eigenvalue weighted by atomic mass is 10.1. The van der Waals surface area contributed by atoms with Gasteiger partial charge in [-0.25, -0.2) is 4.99 Å².